The van der Waals surface area contributed by atoms with E-state index in [1.165, 1.54) is 18.5 Å². The summed E-state index contributed by atoms with van der Waals surface area (Å²) in [5.74, 6) is 0. The summed E-state index contributed by atoms with van der Waals surface area (Å²) in [4.78, 5) is 2.40. The molecule has 1 rings (SSSR count). The first-order valence-corrected chi connectivity index (χ1v) is 7.31. The van der Waals surface area contributed by atoms with Gasteiger partial charge in [-0.05, 0) is 38.3 Å². The van der Waals surface area contributed by atoms with E-state index in [1.807, 2.05) is 13.0 Å². The predicted octanol–water partition coefficient (Wildman–Crippen LogP) is 2.78. The molecular formula is C16H28N2O. The first kappa shape index (κ1) is 16.0. The molecule has 0 heterocycles. The van der Waals surface area contributed by atoms with Crippen LogP contribution in [0.4, 0.5) is 5.69 Å². The van der Waals surface area contributed by atoms with Crippen LogP contribution in [0.1, 0.15) is 39.5 Å². The van der Waals surface area contributed by atoms with Gasteiger partial charge in [0.05, 0.1) is 5.60 Å². The topological polar surface area (TPSA) is 49.5 Å². The van der Waals surface area contributed by atoms with Crippen molar-refractivity contribution in [3.63, 3.8) is 0 Å². The van der Waals surface area contributed by atoms with E-state index in [1.54, 1.807) is 0 Å². The molecule has 3 N–H and O–H groups in total. The summed E-state index contributed by atoms with van der Waals surface area (Å²) in [6, 6.07) is 10.5. The number of aliphatic hydroxyl groups is 1. The third-order valence-corrected chi connectivity index (χ3v) is 3.49. The predicted molar refractivity (Wildman–Crippen MR) is 82.5 cm³/mol. The van der Waals surface area contributed by atoms with Crippen molar-refractivity contribution >= 4 is 5.69 Å². The second kappa shape index (κ2) is 8.18. The van der Waals surface area contributed by atoms with E-state index in [0.29, 0.717) is 6.54 Å². The Kier molecular flexibility index (Phi) is 6.89. The second-order valence-electron chi connectivity index (χ2n) is 5.48. The first-order chi connectivity index (χ1) is 9.09. The van der Waals surface area contributed by atoms with Crippen molar-refractivity contribution in [2.45, 2.75) is 45.1 Å². The monoisotopic (exact) mass is 264 g/mol. The zero-order chi connectivity index (χ0) is 14.1. The standard InChI is InChI=1S/C16H28N2O/c1-3-4-12-18(15-9-6-5-7-10-15)13-8-11-16(2,19)14-17/h5-7,9-10,19H,3-4,8,11-14,17H2,1-2H3. The van der Waals surface area contributed by atoms with Gasteiger partial charge in [0.2, 0.25) is 0 Å². The molecule has 1 aromatic rings. The van der Waals surface area contributed by atoms with Crippen LogP contribution in [0.15, 0.2) is 30.3 Å². The van der Waals surface area contributed by atoms with Crippen LogP contribution >= 0.6 is 0 Å². The van der Waals surface area contributed by atoms with E-state index in [9.17, 15) is 5.11 Å². The molecule has 0 aliphatic heterocycles. The van der Waals surface area contributed by atoms with E-state index in [4.69, 9.17) is 5.73 Å². The minimum Gasteiger partial charge on any atom is -0.389 e. The van der Waals surface area contributed by atoms with Crippen molar-refractivity contribution < 1.29 is 5.11 Å². The molecule has 1 unspecified atom stereocenters. The molecule has 0 fully saturated rings. The highest BCUT2D eigenvalue weighted by molar-refractivity contribution is 5.45. The Morgan fingerprint density at radius 2 is 1.79 bits per heavy atom. The van der Waals surface area contributed by atoms with Crippen LogP contribution in [0, 0.1) is 0 Å². The molecule has 3 nitrogen and oxygen atoms in total. The van der Waals surface area contributed by atoms with Gasteiger partial charge in [-0.15, -0.1) is 0 Å². The minimum absolute atomic E-state index is 0.327. The molecule has 0 saturated carbocycles. The number of benzene rings is 1. The van der Waals surface area contributed by atoms with Gasteiger partial charge in [0.25, 0.3) is 0 Å². The molecule has 0 aliphatic carbocycles. The Labute approximate surface area is 117 Å². The Bertz CT molecular complexity index is 338. The summed E-state index contributed by atoms with van der Waals surface area (Å²) in [5, 5.41) is 9.94. The highest BCUT2D eigenvalue weighted by atomic mass is 16.3. The molecule has 1 atom stereocenters. The second-order valence-corrected chi connectivity index (χ2v) is 5.48. The average Bonchev–Trinajstić information content (AvgIpc) is 2.43. The summed E-state index contributed by atoms with van der Waals surface area (Å²) in [7, 11) is 0. The van der Waals surface area contributed by atoms with Crippen LogP contribution in [0.25, 0.3) is 0 Å². The van der Waals surface area contributed by atoms with Crippen LogP contribution in [-0.2, 0) is 0 Å². The maximum Gasteiger partial charge on any atom is 0.0742 e. The molecule has 3 heteroatoms. The minimum atomic E-state index is -0.729. The van der Waals surface area contributed by atoms with E-state index in [-0.39, 0.29) is 0 Å². The molecule has 0 saturated heterocycles. The Balaban J connectivity index is 2.51. The fourth-order valence-electron chi connectivity index (χ4n) is 2.11. The fraction of sp³-hybridized carbons (Fsp3) is 0.625. The van der Waals surface area contributed by atoms with Crippen LogP contribution in [0.2, 0.25) is 0 Å². The van der Waals surface area contributed by atoms with Gasteiger partial charge in [-0.2, -0.15) is 0 Å². The third kappa shape index (κ3) is 6.08. The zero-order valence-corrected chi connectivity index (χ0v) is 12.3. The molecule has 0 aromatic heterocycles. The van der Waals surface area contributed by atoms with Gasteiger partial charge in [0.15, 0.2) is 0 Å². The lowest BCUT2D eigenvalue weighted by Gasteiger charge is -2.27. The summed E-state index contributed by atoms with van der Waals surface area (Å²) in [6.45, 7) is 6.40. The highest BCUT2D eigenvalue weighted by Crippen LogP contribution is 2.17. The van der Waals surface area contributed by atoms with E-state index >= 15 is 0 Å². The molecule has 0 spiro atoms. The molecule has 108 valence electrons. The van der Waals surface area contributed by atoms with E-state index in [2.05, 4.69) is 36.1 Å². The average molecular weight is 264 g/mol. The van der Waals surface area contributed by atoms with Crippen LogP contribution in [0.5, 0.6) is 0 Å². The van der Waals surface area contributed by atoms with E-state index < -0.39 is 5.60 Å². The molecule has 0 bridgehead atoms. The molecule has 0 radical (unpaired) electrons. The highest BCUT2D eigenvalue weighted by Gasteiger charge is 2.17. The van der Waals surface area contributed by atoms with Crippen molar-refractivity contribution in [2.24, 2.45) is 5.73 Å². The van der Waals surface area contributed by atoms with Crippen LogP contribution < -0.4 is 10.6 Å². The Morgan fingerprint density at radius 3 is 2.37 bits per heavy atom. The molecule has 0 amide bonds. The van der Waals surface area contributed by atoms with Crippen molar-refractivity contribution in [1.82, 2.24) is 0 Å². The number of para-hydroxylation sites is 1. The van der Waals surface area contributed by atoms with Gasteiger partial charge in [-0.25, -0.2) is 0 Å². The van der Waals surface area contributed by atoms with Crippen molar-refractivity contribution in [2.75, 3.05) is 24.5 Å². The summed E-state index contributed by atoms with van der Waals surface area (Å²) < 4.78 is 0. The number of hydrogen-bond acceptors (Lipinski definition) is 3. The van der Waals surface area contributed by atoms with Gasteiger partial charge in [-0.1, -0.05) is 31.5 Å². The van der Waals surface area contributed by atoms with Crippen LogP contribution in [0.3, 0.4) is 0 Å². The lowest BCUT2D eigenvalue weighted by Crippen LogP contribution is -2.35. The van der Waals surface area contributed by atoms with Crippen molar-refractivity contribution in [3.05, 3.63) is 30.3 Å². The molecule has 19 heavy (non-hydrogen) atoms. The molecule has 0 aliphatic rings. The van der Waals surface area contributed by atoms with Gasteiger partial charge in [0, 0.05) is 25.3 Å². The maximum absolute atomic E-state index is 9.94. The van der Waals surface area contributed by atoms with Crippen molar-refractivity contribution in [1.29, 1.82) is 0 Å². The summed E-state index contributed by atoms with van der Waals surface area (Å²) >= 11 is 0. The smallest absolute Gasteiger partial charge is 0.0742 e. The molecular weight excluding hydrogens is 236 g/mol. The Hall–Kier alpha value is -1.06. The normalized spacial score (nSPS) is 14.1. The number of hydrogen-bond donors (Lipinski definition) is 2. The third-order valence-electron chi connectivity index (χ3n) is 3.49. The van der Waals surface area contributed by atoms with Crippen molar-refractivity contribution in [3.8, 4) is 0 Å². The lowest BCUT2D eigenvalue weighted by atomic mass is 10.0. The number of nitrogens with zero attached hydrogens (tertiary/aromatic N) is 1. The fourth-order valence-corrected chi connectivity index (χ4v) is 2.11. The number of anilines is 1. The largest absolute Gasteiger partial charge is 0.389 e. The van der Waals surface area contributed by atoms with Gasteiger partial charge < -0.3 is 15.7 Å². The number of nitrogens with two attached hydrogens (primary N) is 1. The first-order valence-electron chi connectivity index (χ1n) is 7.31. The van der Waals surface area contributed by atoms with Crippen LogP contribution in [-0.4, -0.2) is 30.3 Å². The summed E-state index contributed by atoms with van der Waals surface area (Å²) in [5.41, 5.74) is 6.09. The maximum atomic E-state index is 9.94. The zero-order valence-electron chi connectivity index (χ0n) is 12.3. The number of unbranched alkanes of at least 4 members (excludes halogenated alkanes) is 1. The van der Waals surface area contributed by atoms with E-state index in [0.717, 1.165) is 25.9 Å². The molecule has 1 aromatic carbocycles. The SMILES string of the molecule is CCCCN(CCCC(C)(O)CN)c1ccccc1. The quantitative estimate of drug-likeness (QED) is 0.721. The van der Waals surface area contributed by atoms with Gasteiger partial charge in [-0.3, -0.25) is 0 Å². The Morgan fingerprint density at radius 1 is 1.16 bits per heavy atom. The van der Waals surface area contributed by atoms with Gasteiger partial charge in [0.1, 0.15) is 0 Å². The summed E-state index contributed by atoms with van der Waals surface area (Å²) in [6.07, 6.45) is 4.10. The van der Waals surface area contributed by atoms with Gasteiger partial charge >= 0.3 is 0 Å². The number of rotatable bonds is 9. The lowest BCUT2D eigenvalue weighted by molar-refractivity contribution is 0.0584.